The number of ether oxygens (including phenoxy) is 2. The average molecular weight is 450 g/mol. The van der Waals surface area contributed by atoms with Crippen LogP contribution in [-0.2, 0) is 9.59 Å². The van der Waals surface area contributed by atoms with Crippen molar-refractivity contribution in [1.82, 2.24) is 15.0 Å². The second-order valence-corrected chi connectivity index (χ2v) is 7.83. The minimum Gasteiger partial charge on any atom is -0.497 e. The van der Waals surface area contributed by atoms with E-state index in [4.69, 9.17) is 14.0 Å². The van der Waals surface area contributed by atoms with E-state index in [9.17, 15) is 9.59 Å². The van der Waals surface area contributed by atoms with Gasteiger partial charge in [0.15, 0.2) is 6.61 Å². The summed E-state index contributed by atoms with van der Waals surface area (Å²) in [6, 6.07) is 14.4. The summed E-state index contributed by atoms with van der Waals surface area (Å²) < 4.78 is 16.2. The monoisotopic (exact) mass is 450 g/mol. The summed E-state index contributed by atoms with van der Waals surface area (Å²) in [5.74, 6) is 2.39. The molecule has 0 radical (unpaired) electrons. The van der Waals surface area contributed by atoms with Crippen LogP contribution in [0.4, 0.5) is 5.69 Å². The normalized spacial score (nSPS) is 14.1. The van der Waals surface area contributed by atoms with Crippen LogP contribution >= 0.6 is 0 Å². The first kappa shape index (κ1) is 22.3. The van der Waals surface area contributed by atoms with Gasteiger partial charge in [-0.3, -0.25) is 9.59 Å². The summed E-state index contributed by atoms with van der Waals surface area (Å²) in [5.41, 5.74) is 1.52. The van der Waals surface area contributed by atoms with Crippen LogP contribution in [0.3, 0.4) is 0 Å². The zero-order valence-electron chi connectivity index (χ0n) is 18.6. The number of hydrogen-bond donors (Lipinski definition) is 1. The summed E-state index contributed by atoms with van der Waals surface area (Å²) in [5, 5.41) is 6.83. The maximum absolute atomic E-state index is 12.5. The van der Waals surface area contributed by atoms with Gasteiger partial charge in [0.1, 0.15) is 11.5 Å². The average Bonchev–Trinajstić information content (AvgIpc) is 3.33. The van der Waals surface area contributed by atoms with Gasteiger partial charge in [-0.25, -0.2) is 0 Å². The molecule has 1 aliphatic rings. The van der Waals surface area contributed by atoms with Crippen molar-refractivity contribution in [3.8, 4) is 22.9 Å². The largest absolute Gasteiger partial charge is 0.497 e. The third-order valence-corrected chi connectivity index (χ3v) is 5.52. The van der Waals surface area contributed by atoms with E-state index in [0.717, 1.165) is 24.2 Å². The lowest BCUT2D eigenvalue weighted by atomic mass is 9.97. The van der Waals surface area contributed by atoms with E-state index < -0.39 is 0 Å². The number of rotatable bonds is 7. The fraction of sp³-hybridized carbons (Fsp3) is 0.333. The van der Waals surface area contributed by atoms with Crippen LogP contribution in [-0.4, -0.2) is 53.7 Å². The van der Waals surface area contributed by atoms with E-state index in [2.05, 4.69) is 15.5 Å². The minimum atomic E-state index is -0.123. The third kappa shape index (κ3) is 5.68. The second kappa shape index (κ2) is 10.2. The highest BCUT2D eigenvalue weighted by molar-refractivity contribution is 5.88. The Kier molecular flexibility index (Phi) is 6.87. The van der Waals surface area contributed by atoms with Gasteiger partial charge < -0.3 is 24.2 Å². The highest BCUT2D eigenvalue weighted by atomic mass is 16.5. The lowest BCUT2D eigenvalue weighted by molar-refractivity contribution is -0.134. The number of nitrogens with zero attached hydrogens (tertiary/aromatic N) is 3. The zero-order valence-corrected chi connectivity index (χ0v) is 18.6. The van der Waals surface area contributed by atoms with Crippen molar-refractivity contribution in [3.05, 3.63) is 54.4 Å². The Bertz CT molecular complexity index is 1090. The molecule has 0 spiro atoms. The number of amides is 2. The smallest absolute Gasteiger partial charge is 0.260 e. The molecule has 9 heteroatoms. The Morgan fingerprint density at radius 2 is 1.73 bits per heavy atom. The summed E-state index contributed by atoms with van der Waals surface area (Å²) >= 11 is 0. The molecule has 1 aromatic heterocycles. The zero-order chi connectivity index (χ0) is 23.2. The van der Waals surface area contributed by atoms with Gasteiger partial charge in [-0.05, 0) is 61.4 Å². The molecule has 0 unspecified atom stereocenters. The van der Waals surface area contributed by atoms with Crippen molar-refractivity contribution in [2.45, 2.75) is 25.7 Å². The summed E-state index contributed by atoms with van der Waals surface area (Å²) in [4.78, 5) is 30.0. The number of likely N-dealkylation sites (tertiary alicyclic amines) is 1. The molecule has 2 heterocycles. The molecule has 1 fully saturated rings. The Balaban J connectivity index is 1.27. The number of benzene rings is 2. The van der Waals surface area contributed by atoms with E-state index in [1.165, 1.54) is 6.92 Å². The van der Waals surface area contributed by atoms with Gasteiger partial charge in [0.25, 0.3) is 5.91 Å². The molecule has 0 saturated carbocycles. The number of nitrogens with one attached hydrogen (secondary N) is 1. The van der Waals surface area contributed by atoms with Gasteiger partial charge in [0.2, 0.25) is 17.6 Å². The number of anilines is 1. The van der Waals surface area contributed by atoms with Crippen molar-refractivity contribution < 1.29 is 23.6 Å². The molecule has 9 nitrogen and oxygen atoms in total. The molecule has 2 aromatic carbocycles. The quantitative estimate of drug-likeness (QED) is 0.587. The summed E-state index contributed by atoms with van der Waals surface area (Å²) in [7, 11) is 1.60. The SMILES string of the molecule is COc1ccc(OCC(=O)N2CCC(c3nc(-c4ccc(NC(C)=O)cc4)no3)CC2)cc1. The minimum absolute atomic E-state index is 0.00379. The first-order chi connectivity index (χ1) is 16.0. The molecule has 1 aliphatic heterocycles. The molecule has 0 aliphatic carbocycles. The van der Waals surface area contributed by atoms with Gasteiger partial charge in [0.05, 0.1) is 7.11 Å². The lowest BCUT2D eigenvalue weighted by Crippen LogP contribution is -2.40. The highest BCUT2D eigenvalue weighted by Gasteiger charge is 2.27. The van der Waals surface area contributed by atoms with E-state index in [0.29, 0.717) is 36.2 Å². The van der Waals surface area contributed by atoms with Crippen LogP contribution in [0.25, 0.3) is 11.4 Å². The van der Waals surface area contributed by atoms with Gasteiger partial charge in [-0.1, -0.05) is 5.16 Å². The van der Waals surface area contributed by atoms with E-state index in [-0.39, 0.29) is 24.3 Å². The van der Waals surface area contributed by atoms with Crippen LogP contribution in [0.2, 0.25) is 0 Å². The molecule has 3 aromatic rings. The topological polar surface area (TPSA) is 107 Å². The predicted octanol–water partition coefficient (Wildman–Crippen LogP) is 3.49. The Labute approximate surface area is 191 Å². The van der Waals surface area contributed by atoms with Crippen molar-refractivity contribution in [3.63, 3.8) is 0 Å². The van der Waals surface area contributed by atoms with Crippen LogP contribution in [0.15, 0.2) is 53.1 Å². The maximum atomic E-state index is 12.5. The fourth-order valence-electron chi connectivity index (χ4n) is 3.71. The van der Waals surface area contributed by atoms with E-state index >= 15 is 0 Å². The third-order valence-electron chi connectivity index (χ3n) is 5.52. The van der Waals surface area contributed by atoms with Crippen molar-refractivity contribution >= 4 is 17.5 Å². The number of aromatic nitrogens is 2. The second-order valence-electron chi connectivity index (χ2n) is 7.83. The molecule has 2 amide bonds. The number of carbonyl (C=O) groups is 2. The fourth-order valence-corrected chi connectivity index (χ4v) is 3.71. The number of carbonyl (C=O) groups excluding carboxylic acids is 2. The van der Waals surface area contributed by atoms with E-state index in [1.54, 1.807) is 48.4 Å². The lowest BCUT2D eigenvalue weighted by Gasteiger charge is -2.30. The van der Waals surface area contributed by atoms with Crippen LogP contribution in [0, 0.1) is 0 Å². The standard InChI is InChI=1S/C24H26N4O5/c1-16(29)25-19-5-3-17(4-6-19)23-26-24(33-27-23)18-11-13-28(14-12-18)22(30)15-32-21-9-7-20(31-2)8-10-21/h3-10,18H,11-15H2,1-2H3,(H,25,29). The van der Waals surface area contributed by atoms with Gasteiger partial charge in [-0.2, -0.15) is 4.98 Å². The van der Waals surface area contributed by atoms with Crippen LogP contribution < -0.4 is 14.8 Å². The van der Waals surface area contributed by atoms with Crippen molar-refractivity contribution in [1.29, 1.82) is 0 Å². The Morgan fingerprint density at radius 1 is 1.06 bits per heavy atom. The first-order valence-electron chi connectivity index (χ1n) is 10.8. The molecular weight excluding hydrogens is 424 g/mol. The highest BCUT2D eigenvalue weighted by Crippen LogP contribution is 2.29. The number of hydrogen-bond acceptors (Lipinski definition) is 7. The molecule has 4 rings (SSSR count). The Morgan fingerprint density at radius 3 is 2.36 bits per heavy atom. The number of methoxy groups -OCH3 is 1. The molecule has 1 N–H and O–H groups in total. The Hall–Kier alpha value is -3.88. The van der Waals surface area contributed by atoms with Crippen LogP contribution in [0.1, 0.15) is 31.6 Å². The molecule has 0 atom stereocenters. The van der Waals surface area contributed by atoms with E-state index in [1.807, 2.05) is 12.1 Å². The van der Waals surface area contributed by atoms with Crippen molar-refractivity contribution in [2.75, 3.05) is 32.1 Å². The maximum Gasteiger partial charge on any atom is 0.260 e. The molecule has 33 heavy (non-hydrogen) atoms. The molecular formula is C24H26N4O5. The van der Waals surface area contributed by atoms with Gasteiger partial charge in [0, 0.05) is 37.2 Å². The molecule has 0 bridgehead atoms. The number of piperidine rings is 1. The van der Waals surface area contributed by atoms with Gasteiger partial charge >= 0.3 is 0 Å². The first-order valence-corrected chi connectivity index (χ1v) is 10.8. The predicted molar refractivity (Wildman–Crippen MR) is 121 cm³/mol. The molecule has 1 saturated heterocycles. The van der Waals surface area contributed by atoms with Gasteiger partial charge in [-0.15, -0.1) is 0 Å². The molecule has 172 valence electrons. The van der Waals surface area contributed by atoms with Crippen molar-refractivity contribution in [2.24, 2.45) is 0 Å². The van der Waals surface area contributed by atoms with Crippen LogP contribution in [0.5, 0.6) is 11.5 Å². The summed E-state index contributed by atoms with van der Waals surface area (Å²) in [6.45, 7) is 2.68. The summed E-state index contributed by atoms with van der Waals surface area (Å²) in [6.07, 6.45) is 1.49.